The van der Waals surface area contributed by atoms with E-state index in [0.717, 1.165) is 17.7 Å². The third-order valence-electron chi connectivity index (χ3n) is 4.84. The highest BCUT2D eigenvalue weighted by Gasteiger charge is 2.35. The largest absolute Gasteiger partial charge is 0.283 e. The molecular weight excluding hydrogens is 312 g/mol. The molecule has 0 aliphatic carbocycles. The summed E-state index contributed by atoms with van der Waals surface area (Å²) in [4.78, 5) is 31.3. The highest BCUT2D eigenvalue weighted by Crippen LogP contribution is 2.29. The van der Waals surface area contributed by atoms with Crippen molar-refractivity contribution in [3.8, 4) is 0 Å². The van der Waals surface area contributed by atoms with Gasteiger partial charge in [0.15, 0.2) is 0 Å². The first-order chi connectivity index (χ1) is 12.0. The van der Waals surface area contributed by atoms with E-state index in [1.807, 2.05) is 12.1 Å². The molecule has 0 saturated carbocycles. The fourth-order valence-corrected chi connectivity index (χ4v) is 3.74. The number of carbonyl (C=O) groups is 2. The molecule has 0 saturated heterocycles. The van der Waals surface area contributed by atoms with Gasteiger partial charge in [-0.25, -0.2) is 0 Å². The van der Waals surface area contributed by atoms with E-state index >= 15 is 0 Å². The molecule has 126 valence electrons. The molecule has 0 aromatic heterocycles. The molecule has 2 heterocycles. The molecule has 0 N–H and O–H groups in total. The van der Waals surface area contributed by atoms with Crippen LogP contribution in [0.2, 0.25) is 0 Å². The van der Waals surface area contributed by atoms with Gasteiger partial charge >= 0.3 is 0 Å². The lowest BCUT2D eigenvalue weighted by atomic mass is 9.86. The lowest BCUT2D eigenvalue weighted by Gasteiger charge is -2.29. The van der Waals surface area contributed by atoms with Gasteiger partial charge in [0.05, 0.1) is 16.7 Å². The molecule has 2 aromatic carbocycles. The number of fused-ring (bicyclic) bond motifs is 2. The van der Waals surface area contributed by atoms with Gasteiger partial charge < -0.3 is 0 Å². The molecule has 0 atom stereocenters. The first-order valence-corrected chi connectivity index (χ1v) is 8.58. The number of carbonyl (C=O) groups excluding carboxylic acids is 2. The normalized spacial score (nSPS) is 18.0. The zero-order valence-electron chi connectivity index (χ0n) is 14.5. The Balaban J connectivity index is 1.59. The summed E-state index contributed by atoms with van der Waals surface area (Å²) >= 11 is 0. The maximum Gasteiger partial charge on any atom is 0.261 e. The van der Waals surface area contributed by atoms with Crippen LogP contribution in [0.15, 0.2) is 53.5 Å². The van der Waals surface area contributed by atoms with Gasteiger partial charge in [0.1, 0.15) is 0 Å². The topological polar surface area (TPSA) is 49.7 Å². The van der Waals surface area contributed by atoms with Crippen molar-refractivity contribution in [3.05, 3.63) is 70.8 Å². The van der Waals surface area contributed by atoms with Gasteiger partial charge in [0.2, 0.25) is 0 Å². The fourth-order valence-electron chi connectivity index (χ4n) is 3.74. The number of hydrogen-bond acceptors (Lipinski definition) is 3. The third kappa shape index (κ3) is 2.68. The number of nitrogens with zero attached hydrogens (tertiary/aromatic N) is 2. The summed E-state index contributed by atoms with van der Waals surface area (Å²) in [5.41, 5.74) is 4.23. The van der Waals surface area contributed by atoms with Crippen molar-refractivity contribution in [1.29, 1.82) is 0 Å². The zero-order valence-corrected chi connectivity index (χ0v) is 14.5. The van der Waals surface area contributed by atoms with Crippen LogP contribution in [0, 0.1) is 0 Å². The van der Waals surface area contributed by atoms with E-state index in [0.29, 0.717) is 24.1 Å². The Bertz CT molecular complexity index is 877. The Morgan fingerprint density at radius 1 is 0.920 bits per heavy atom. The minimum atomic E-state index is -0.204. The second-order valence-electron chi connectivity index (χ2n) is 7.26. The van der Waals surface area contributed by atoms with Crippen molar-refractivity contribution >= 4 is 17.5 Å². The summed E-state index contributed by atoms with van der Waals surface area (Å²) in [6.45, 7) is 4.59. The molecule has 0 unspecified atom stereocenters. The molecule has 2 amide bonds. The SMILES string of the molecule is CC1(C)Cc2ccccc2C(CCN2C(=O)c3ccccc3C2=O)=N1. The molecule has 2 aromatic rings. The summed E-state index contributed by atoms with van der Waals surface area (Å²) in [5, 5.41) is 0. The molecule has 25 heavy (non-hydrogen) atoms. The van der Waals surface area contributed by atoms with Crippen LogP contribution in [0.25, 0.3) is 0 Å². The molecular formula is C21H20N2O2. The molecule has 4 nitrogen and oxygen atoms in total. The molecule has 2 aliphatic heterocycles. The minimum Gasteiger partial charge on any atom is -0.283 e. The third-order valence-corrected chi connectivity index (χ3v) is 4.84. The highest BCUT2D eigenvalue weighted by atomic mass is 16.2. The van der Waals surface area contributed by atoms with Gasteiger partial charge in [-0.2, -0.15) is 0 Å². The Morgan fingerprint density at radius 3 is 2.12 bits per heavy atom. The summed E-state index contributed by atoms with van der Waals surface area (Å²) in [7, 11) is 0. The van der Waals surface area contributed by atoms with Gasteiger partial charge in [-0.1, -0.05) is 36.4 Å². The Hall–Kier alpha value is -2.75. The van der Waals surface area contributed by atoms with Crippen LogP contribution in [0.1, 0.15) is 52.1 Å². The number of aliphatic imine (C=N–C) groups is 1. The van der Waals surface area contributed by atoms with Crippen molar-refractivity contribution in [2.75, 3.05) is 6.54 Å². The van der Waals surface area contributed by atoms with Crippen LogP contribution >= 0.6 is 0 Å². The van der Waals surface area contributed by atoms with Crippen molar-refractivity contribution in [2.24, 2.45) is 4.99 Å². The summed E-state index contributed by atoms with van der Waals surface area (Å²) in [5.74, 6) is -0.408. The van der Waals surface area contributed by atoms with Crippen LogP contribution in [-0.2, 0) is 6.42 Å². The molecule has 4 heteroatoms. The molecule has 0 bridgehead atoms. The Kier molecular flexibility index (Phi) is 3.57. The van der Waals surface area contributed by atoms with E-state index in [4.69, 9.17) is 4.99 Å². The minimum absolute atomic E-state index is 0.161. The fraction of sp³-hybridized carbons (Fsp3) is 0.286. The van der Waals surface area contributed by atoms with E-state index in [-0.39, 0.29) is 17.4 Å². The maximum absolute atomic E-state index is 12.5. The molecule has 0 radical (unpaired) electrons. The summed E-state index contributed by atoms with van der Waals surface area (Å²) < 4.78 is 0. The molecule has 0 spiro atoms. The van der Waals surface area contributed by atoms with E-state index in [1.54, 1.807) is 24.3 Å². The number of rotatable bonds is 3. The Labute approximate surface area is 147 Å². The standard InChI is InChI=1S/C21H20N2O2/c1-21(2)13-14-7-3-4-8-15(14)18(22-21)11-12-23-19(24)16-9-5-6-10-17(16)20(23)25/h3-10H,11-13H2,1-2H3. The second kappa shape index (κ2) is 5.66. The highest BCUT2D eigenvalue weighted by molar-refractivity contribution is 6.21. The van der Waals surface area contributed by atoms with Crippen LogP contribution in [0.5, 0.6) is 0 Å². The van der Waals surface area contributed by atoms with Gasteiger partial charge in [-0.05, 0) is 43.5 Å². The van der Waals surface area contributed by atoms with E-state index < -0.39 is 0 Å². The summed E-state index contributed by atoms with van der Waals surface area (Å²) in [6.07, 6.45) is 1.48. The van der Waals surface area contributed by atoms with Gasteiger partial charge in [0, 0.05) is 18.7 Å². The van der Waals surface area contributed by atoms with Crippen LogP contribution in [-0.4, -0.2) is 34.5 Å². The predicted molar refractivity (Wildman–Crippen MR) is 97.2 cm³/mol. The van der Waals surface area contributed by atoms with E-state index in [1.165, 1.54) is 10.5 Å². The number of hydrogen-bond donors (Lipinski definition) is 0. The van der Waals surface area contributed by atoms with E-state index in [9.17, 15) is 9.59 Å². The molecule has 4 rings (SSSR count). The molecule has 0 fully saturated rings. The van der Waals surface area contributed by atoms with Gasteiger partial charge in [0.25, 0.3) is 11.8 Å². The lowest BCUT2D eigenvalue weighted by Crippen LogP contribution is -2.34. The number of amides is 2. The van der Waals surface area contributed by atoms with Crippen LogP contribution in [0.4, 0.5) is 0 Å². The first kappa shape index (κ1) is 15.8. The van der Waals surface area contributed by atoms with Gasteiger partial charge in [-0.15, -0.1) is 0 Å². The second-order valence-corrected chi connectivity index (χ2v) is 7.26. The average molecular weight is 332 g/mol. The van der Waals surface area contributed by atoms with Crippen LogP contribution < -0.4 is 0 Å². The van der Waals surface area contributed by atoms with Crippen molar-refractivity contribution in [2.45, 2.75) is 32.2 Å². The summed E-state index contributed by atoms with van der Waals surface area (Å²) in [6, 6.07) is 15.3. The predicted octanol–water partition coefficient (Wildman–Crippen LogP) is 3.50. The number of benzene rings is 2. The van der Waals surface area contributed by atoms with Gasteiger partial charge in [-0.3, -0.25) is 19.5 Å². The van der Waals surface area contributed by atoms with Crippen molar-refractivity contribution in [1.82, 2.24) is 4.90 Å². The lowest BCUT2D eigenvalue weighted by molar-refractivity contribution is 0.0658. The molecule has 2 aliphatic rings. The average Bonchev–Trinajstić information content (AvgIpc) is 2.83. The smallest absolute Gasteiger partial charge is 0.261 e. The zero-order chi connectivity index (χ0) is 17.6. The van der Waals surface area contributed by atoms with Crippen LogP contribution in [0.3, 0.4) is 0 Å². The first-order valence-electron chi connectivity index (χ1n) is 8.58. The van der Waals surface area contributed by atoms with Crippen molar-refractivity contribution < 1.29 is 9.59 Å². The monoisotopic (exact) mass is 332 g/mol. The quantitative estimate of drug-likeness (QED) is 0.808. The number of imide groups is 1. The maximum atomic E-state index is 12.5. The van der Waals surface area contributed by atoms with Crippen molar-refractivity contribution in [3.63, 3.8) is 0 Å². The Morgan fingerprint density at radius 2 is 1.48 bits per heavy atom. The van der Waals surface area contributed by atoms with E-state index in [2.05, 4.69) is 26.0 Å².